The van der Waals surface area contributed by atoms with Gasteiger partial charge in [-0.3, -0.25) is 9.59 Å². The summed E-state index contributed by atoms with van der Waals surface area (Å²) in [4.78, 5) is 36.8. The first-order valence-electron chi connectivity index (χ1n) is 22.2. The van der Waals surface area contributed by atoms with Crippen molar-refractivity contribution >= 4 is 17.9 Å². The number of carboxylic acid groups (broad SMARTS) is 1. The number of unbranched alkanes of at least 4 members (excludes halogenated alkanes) is 24. The molecule has 8 nitrogen and oxygen atoms in total. The first-order chi connectivity index (χ1) is 25.6. The molecule has 0 saturated carbocycles. The lowest BCUT2D eigenvalue weighted by atomic mass is 10.1. The molecule has 0 aromatic heterocycles. The van der Waals surface area contributed by atoms with Crippen LogP contribution in [0.5, 0.6) is 0 Å². The van der Waals surface area contributed by atoms with Crippen LogP contribution in [0.25, 0.3) is 0 Å². The lowest BCUT2D eigenvalue weighted by molar-refractivity contribution is -0.887. The van der Waals surface area contributed by atoms with E-state index in [0.717, 1.165) is 38.5 Å². The molecular formula is C45H86NO7+. The van der Waals surface area contributed by atoms with E-state index in [1.807, 2.05) is 21.1 Å². The minimum absolute atomic E-state index is 0.0467. The predicted octanol–water partition coefficient (Wildman–Crippen LogP) is 11.9. The number of ether oxygens (including phenoxy) is 3. The monoisotopic (exact) mass is 753 g/mol. The molecule has 53 heavy (non-hydrogen) atoms. The van der Waals surface area contributed by atoms with Gasteiger partial charge < -0.3 is 23.8 Å². The molecule has 0 aliphatic heterocycles. The van der Waals surface area contributed by atoms with E-state index in [-0.39, 0.29) is 36.2 Å². The summed E-state index contributed by atoms with van der Waals surface area (Å²) in [5.41, 5.74) is 0. The average molecular weight is 753 g/mol. The number of allylic oxidation sites excluding steroid dienone is 2. The van der Waals surface area contributed by atoms with E-state index in [0.29, 0.717) is 19.3 Å². The van der Waals surface area contributed by atoms with Crippen LogP contribution in [0.15, 0.2) is 12.2 Å². The summed E-state index contributed by atoms with van der Waals surface area (Å²) in [5, 5.41) is 9.59. The van der Waals surface area contributed by atoms with E-state index in [2.05, 4.69) is 26.0 Å². The first-order valence-corrected chi connectivity index (χ1v) is 22.2. The molecule has 0 amide bonds. The summed E-state index contributed by atoms with van der Waals surface area (Å²) in [6.45, 7) is 4.72. The average Bonchev–Trinajstić information content (AvgIpc) is 3.11. The van der Waals surface area contributed by atoms with Gasteiger partial charge in [0.05, 0.1) is 34.4 Å². The number of hydrogen-bond donors (Lipinski definition) is 1. The van der Waals surface area contributed by atoms with Crippen molar-refractivity contribution in [2.75, 3.05) is 41.0 Å². The molecule has 2 unspecified atom stereocenters. The fourth-order valence-corrected chi connectivity index (χ4v) is 6.67. The molecule has 0 aromatic rings. The lowest BCUT2D eigenvalue weighted by Crippen LogP contribution is -2.50. The van der Waals surface area contributed by atoms with Gasteiger partial charge >= 0.3 is 17.9 Å². The molecule has 8 heteroatoms. The Morgan fingerprint density at radius 2 is 0.943 bits per heavy atom. The highest BCUT2D eigenvalue weighted by Crippen LogP contribution is 2.15. The van der Waals surface area contributed by atoms with Crippen LogP contribution in [0.1, 0.15) is 206 Å². The predicted molar refractivity (Wildman–Crippen MR) is 220 cm³/mol. The number of aliphatic carboxylic acids is 1. The van der Waals surface area contributed by atoms with Gasteiger partial charge in [-0.2, -0.15) is 0 Å². The second-order valence-corrected chi connectivity index (χ2v) is 16.3. The van der Waals surface area contributed by atoms with Gasteiger partial charge in [-0.15, -0.1) is 0 Å². The van der Waals surface area contributed by atoms with Crippen molar-refractivity contribution in [3.05, 3.63) is 12.2 Å². The molecular weight excluding hydrogens is 666 g/mol. The van der Waals surface area contributed by atoms with Crippen LogP contribution in [-0.4, -0.2) is 80.6 Å². The van der Waals surface area contributed by atoms with Crippen LogP contribution in [-0.2, 0) is 28.6 Å². The zero-order valence-electron chi connectivity index (χ0n) is 35.5. The maximum absolute atomic E-state index is 12.7. The smallest absolute Gasteiger partial charge is 0.362 e. The molecule has 0 aliphatic rings. The quantitative estimate of drug-likeness (QED) is 0.0288. The summed E-state index contributed by atoms with van der Waals surface area (Å²) in [7, 11) is 5.53. The van der Waals surface area contributed by atoms with Gasteiger partial charge in [0, 0.05) is 19.3 Å². The fourth-order valence-electron chi connectivity index (χ4n) is 6.67. The van der Waals surface area contributed by atoms with Gasteiger partial charge in [0.25, 0.3) is 0 Å². The molecule has 0 radical (unpaired) electrons. The lowest BCUT2D eigenvalue weighted by Gasteiger charge is -2.31. The Morgan fingerprint density at radius 1 is 0.547 bits per heavy atom. The van der Waals surface area contributed by atoms with E-state index in [9.17, 15) is 19.5 Å². The van der Waals surface area contributed by atoms with Crippen molar-refractivity contribution < 1.29 is 38.2 Å². The molecule has 1 N–H and O–H groups in total. The highest BCUT2D eigenvalue weighted by atomic mass is 16.6. The topological polar surface area (TPSA) is 99.1 Å². The largest absolute Gasteiger partial charge is 0.477 e. The molecule has 0 spiro atoms. The van der Waals surface area contributed by atoms with Crippen LogP contribution in [0.3, 0.4) is 0 Å². The van der Waals surface area contributed by atoms with E-state index in [1.165, 1.54) is 135 Å². The van der Waals surface area contributed by atoms with E-state index >= 15 is 0 Å². The van der Waals surface area contributed by atoms with Crippen molar-refractivity contribution in [2.24, 2.45) is 0 Å². The van der Waals surface area contributed by atoms with E-state index < -0.39 is 18.1 Å². The Morgan fingerprint density at radius 3 is 1.36 bits per heavy atom. The number of likely N-dealkylation sites (N-methyl/N-ethyl adjacent to an activating group) is 1. The maximum Gasteiger partial charge on any atom is 0.362 e. The maximum atomic E-state index is 12.7. The minimum atomic E-state index is -0.873. The number of quaternary nitrogens is 1. The number of carbonyl (C=O) groups excluding carboxylic acids is 2. The van der Waals surface area contributed by atoms with Crippen LogP contribution in [0.2, 0.25) is 0 Å². The summed E-state index contributed by atoms with van der Waals surface area (Å²) < 4.78 is 17.2. The second-order valence-electron chi connectivity index (χ2n) is 16.3. The van der Waals surface area contributed by atoms with Gasteiger partial charge in [-0.05, 0) is 38.5 Å². The number of nitrogens with zero attached hydrogens (tertiary/aromatic N) is 1. The van der Waals surface area contributed by atoms with Crippen molar-refractivity contribution in [1.82, 2.24) is 0 Å². The summed E-state index contributed by atoms with van der Waals surface area (Å²) in [6.07, 6.45) is 38.4. The number of carbonyl (C=O) groups is 3. The van der Waals surface area contributed by atoms with Crippen LogP contribution < -0.4 is 0 Å². The third-order valence-electron chi connectivity index (χ3n) is 10.2. The second kappa shape index (κ2) is 37.0. The molecule has 312 valence electrons. The fraction of sp³-hybridized carbons (Fsp3) is 0.889. The van der Waals surface area contributed by atoms with Crippen LogP contribution >= 0.6 is 0 Å². The SMILES string of the molecule is CCCCCCCCCC/C=C\CCCCCCCCCCCC(=O)OC(COCCC(C(=O)O)[N+](C)(C)C)COC(=O)CCCCCCCCCC. The van der Waals surface area contributed by atoms with Gasteiger partial charge in [0.1, 0.15) is 6.61 Å². The molecule has 0 aliphatic carbocycles. The molecule has 0 saturated heterocycles. The number of rotatable bonds is 40. The van der Waals surface area contributed by atoms with Crippen molar-refractivity contribution in [1.29, 1.82) is 0 Å². The minimum Gasteiger partial charge on any atom is -0.477 e. The Hall–Kier alpha value is -1.93. The van der Waals surface area contributed by atoms with Gasteiger partial charge in [0.15, 0.2) is 12.1 Å². The molecule has 0 rings (SSSR count). The van der Waals surface area contributed by atoms with Gasteiger partial charge in [-0.25, -0.2) is 4.79 Å². The molecule has 0 bridgehead atoms. The normalized spacial score (nSPS) is 13.0. The summed E-state index contributed by atoms with van der Waals surface area (Å²) >= 11 is 0. The van der Waals surface area contributed by atoms with Gasteiger partial charge in [-0.1, -0.05) is 161 Å². The highest BCUT2D eigenvalue weighted by Gasteiger charge is 2.31. The third kappa shape index (κ3) is 35.5. The van der Waals surface area contributed by atoms with E-state index in [1.54, 1.807) is 0 Å². The zero-order chi connectivity index (χ0) is 39.3. The number of esters is 2. The Balaban J connectivity index is 4.19. The van der Waals surface area contributed by atoms with Crippen molar-refractivity contribution in [3.8, 4) is 0 Å². The van der Waals surface area contributed by atoms with Gasteiger partial charge in [0.2, 0.25) is 0 Å². The zero-order valence-corrected chi connectivity index (χ0v) is 35.5. The number of hydrogen-bond acceptors (Lipinski definition) is 6. The first kappa shape index (κ1) is 51.1. The van der Waals surface area contributed by atoms with Crippen LogP contribution in [0.4, 0.5) is 0 Å². The Bertz CT molecular complexity index is 885. The Kier molecular flexibility index (Phi) is 35.7. The summed E-state index contributed by atoms with van der Waals surface area (Å²) in [6, 6.07) is -0.609. The molecule has 0 heterocycles. The third-order valence-corrected chi connectivity index (χ3v) is 10.2. The standard InChI is InChI=1S/C45H85NO7/c1-6-8-10-12-14-16-17-18-19-20-21-22-23-24-25-26-27-28-30-32-34-36-44(48)53-41(39-51-38-37-42(45(49)50)46(3,4)5)40-52-43(47)35-33-31-29-15-13-11-9-7-2/h20-21,41-42H,6-19,22-40H2,1-5H3/p+1/b21-20-. The Labute approximate surface area is 327 Å². The van der Waals surface area contributed by atoms with Crippen LogP contribution in [0, 0.1) is 0 Å². The highest BCUT2D eigenvalue weighted by molar-refractivity contribution is 5.72. The number of carboxylic acids is 1. The summed E-state index contributed by atoms with van der Waals surface area (Å²) in [5.74, 6) is -1.46. The van der Waals surface area contributed by atoms with Crippen molar-refractivity contribution in [3.63, 3.8) is 0 Å². The molecule has 2 atom stereocenters. The molecule has 0 fully saturated rings. The molecule has 0 aromatic carbocycles. The van der Waals surface area contributed by atoms with E-state index in [4.69, 9.17) is 14.2 Å². The van der Waals surface area contributed by atoms with Crippen molar-refractivity contribution in [2.45, 2.75) is 219 Å².